The topological polar surface area (TPSA) is 110 Å². The van der Waals surface area contributed by atoms with Crippen LogP contribution in [0.15, 0.2) is 23.1 Å². The predicted molar refractivity (Wildman–Crippen MR) is 94.8 cm³/mol. The lowest BCUT2D eigenvalue weighted by Crippen LogP contribution is -2.39. The number of halogens is 2. The van der Waals surface area contributed by atoms with Crippen molar-refractivity contribution in [2.45, 2.75) is 18.7 Å². The van der Waals surface area contributed by atoms with Gasteiger partial charge in [-0.05, 0) is 30.2 Å². The molecule has 0 aromatic heterocycles. The monoisotopic (exact) mass is 403 g/mol. The van der Waals surface area contributed by atoms with E-state index in [1.165, 1.54) is 7.05 Å². The van der Waals surface area contributed by atoms with Crippen molar-refractivity contribution in [2.75, 3.05) is 31.1 Å². The Morgan fingerprint density at radius 3 is 2.21 bits per heavy atom. The van der Waals surface area contributed by atoms with E-state index in [0.717, 1.165) is 28.8 Å². The molecule has 0 fully saturated rings. The van der Waals surface area contributed by atoms with Gasteiger partial charge in [0.2, 0.25) is 20.0 Å². The first-order chi connectivity index (χ1) is 10.3. The van der Waals surface area contributed by atoms with Crippen molar-refractivity contribution < 1.29 is 21.2 Å². The summed E-state index contributed by atoms with van der Waals surface area (Å²) in [5.41, 5.74) is 4.85. The van der Waals surface area contributed by atoms with Gasteiger partial charge in [-0.3, -0.25) is 4.72 Å². The van der Waals surface area contributed by atoms with Gasteiger partial charge < -0.3 is 5.73 Å². The lowest BCUT2D eigenvalue weighted by atomic mass is 9.94. The Bertz CT molecular complexity index is 782. The standard InChI is InChI=1S/C13H22FN3O4S2.ClH/c1-13(2,8-15)9-17(3)23(20,21)10-5-6-12(11(14)7-10)16-22(4,18)19;/h5-7,16H,8-9,15H2,1-4H3;1H. The fraction of sp³-hybridized carbons (Fsp3) is 0.538. The summed E-state index contributed by atoms with van der Waals surface area (Å²) < 4.78 is 64.2. The summed E-state index contributed by atoms with van der Waals surface area (Å²) >= 11 is 0. The molecule has 0 spiro atoms. The second-order valence-electron chi connectivity index (χ2n) is 6.15. The third kappa shape index (κ3) is 6.17. The van der Waals surface area contributed by atoms with Gasteiger partial charge in [0.25, 0.3) is 0 Å². The first-order valence-corrected chi connectivity index (χ1v) is 10.1. The molecule has 0 aliphatic heterocycles. The smallest absolute Gasteiger partial charge is 0.242 e. The van der Waals surface area contributed by atoms with Gasteiger partial charge in [0, 0.05) is 13.6 Å². The molecule has 1 aromatic rings. The molecule has 1 rings (SSSR count). The number of nitrogens with one attached hydrogen (secondary N) is 1. The fourth-order valence-corrected chi connectivity index (χ4v) is 3.81. The van der Waals surface area contributed by atoms with Gasteiger partial charge >= 0.3 is 0 Å². The average molecular weight is 404 g/mol. The molecule has 11 heteroatoms. The fourth-order valence-electron chi connectivity index (χ4n) is 1.87. The minimum atomic E-state index is -3.90. The summed E-state index contributed by atoms with van der Waals surface area (Å²) in [6.07, 6.45) is 0.875. The summed E-state index contributed by atoms with van der Waals surface area (Å²) in [5, 5.41) is 0. The van der Waals surface area contributed by atoms with E-state index in [4.69, 9.17) is 5.73 Å². The summed E-state index contributed by atoms with van der Waals surface area (Å²) in [6.45, 7) is 4.09. The molecule has 0 radical (unpaired) electrons. The SMILES string of the molecule is CN(CC(C)(C)CN)S(=O)(=O)c1ccc(NS(C)(=O)=O)c(F)c1.Cl. The molecule has 0 amide bonds. The first kappa shape index (κ1) is 23.1. The van der Waals surface area contributed by atoms with Crippen LogP contribution in [0.25, 0.3) is 0 Å². The van der Waals surface area contributed by atoms with Gasteiger partial charge in [0.15, 0.2) is 0 Å². The van der Waals surface area contributed by atoms with Crippen LogP contribution in [0.1, 0.15) is 13.8 Å². The van der Waals surface area contributed by atoms with Crippen molar-refractivity contribution in [1.82, 2.24) is 4.31 Å². The highest BCUT2D eigenvalue weighted by Gasteiger charge is 2.28. The molecule has 0 unspecified atom stereocenters. The van der Waals surface area contributed by atoms with E-state index in [1.54, 1.807) is 0 Å². The van der Waals surface area contributed by atoms with Crippen LogP contribution in [0.5, 0.6) is 0 Å². The largest absolute Gasteiger partial charge is 0.330 e. The Hall–Kier alpha value is -0.940. The number of rotatable bonds is 7. The Balaban J connectivity index is 0.00000529. The van der Waals surface area contributed by atoms with Crippen molar-refractivity contribution in [3.8, 4) is 0 Å². The minimum Gasteiger partial charge on any atom is -0.330 e. The highest BCUT2D eigenvalue weighted by atomic mass is 35.5. The predicted octanol–water partition coefficient (Wildman–Crippen LogP) is 1.22. The molecule has 7 nitrogen and oxygen atoms in total. The molecule has 0 bridgehead atoms. The zero-order valence-electron chi connectivity index (χ0n) is 13.9. The van der Waals surface area contributed by atoms with Crippen molar-refractivity contribution >= 4 is 38.1 Å². The van der Waals surface area contributed by atoms with E-state index in [0.29, 0.717) is 6.54 Å². The average Bonchev–Trinajstić information content (AvgIpc) is 2.39. The second kappa shape index (κ2) is 7.96. The number of nitrogens with zero attached hydrogens (tertiary/aromatic N) is 1. The van der Waals surface area contributed by atoms with Gasteiger partial charge in [0.1, 0.15) is 5.82 Å². The lowest BCUT2D eigenvalue weighted by molar-refractivity contribution is 0.292. The molecule has 3 N–H and O–H groups in total. The summed E-state index contributed by atoms with van der Waals surface area (Å²) in [4.78, 5) is -0.260. The maximum Gasteiger partial charge on any atom is 0.242 e. The zero-order chi connectivity index (χ0) is 18.1. The molecular weight excluding hydrogens is 381 g/mol. The summed E-state index contributed by atoms with van der Waals surface area (Å²) in [6, 6.07) is 3.01. The van der Waals surface area contributed by atoms with Crippen LogP contribution in [-0.2, 0) is 20.0 Å². The highest BCUT2D eigenvalue weighted by molar-refractivity contribution is 7.92. The van der Waals surface area contributed by atoms with E-state index >= 15 is 0 Å². The maximum absolute atomic E-state index is 13.9. The summed E-state index contributed by atoms with van der Waals surface area (Å²) in [7, 11) is -6.18. The van der Waals surface area contributed by atoms with Crippen LogP contribution in [0.2, 0.25) is 0 Å². The molecule has 0 aliphatic rings. The van der Waals surface area contributed by atoms with Crippen LogP contribution in [0.3, 0.4) is 0 Å². The van der Waals surface area contributed by atoms with Gasteiger partial charge in [-0.2, -0.15) is 0 Å². The van der Waals surface area contributed by atoms with E-state index in [9.17, 15) is 21.2 Å². The molecule has 24 heavy (non-hydrogen) atoms. The van der Waals surface area contributed by atoms with Gasteiger partial charge in [-0.1, -0.05) is 13.8 Å². The Morgan fingerprint density at radius 2 is 1.79 bits per heavy atom. The first-order valence-electron chi connectivity index (χ1n) is 6.72. The van der Waals surface area contributed by atoms with Crippen LogP contribution >= 0.6 is 12.4 Å². The van der Waals surface area contributed by atoms with Crippen LogP contribution in [-0.4, -0.2) is 47.5 Å². The van der Waals surface area contributed by atoms with E-state index < -0.39 is 31.3 Å². The third-order valence-electron chi connectivity index (χ3n) is 3.15. The minimum absolute atomic E-state index is 0. The lowest BCUT2D eigenvalue weighted by Gasteiger charge is -2.28. The van der Waals surface area contributed by atoms with Crippen molar-refractivity contribution in [3.05, 3.63) is 24.0 Å². The molecular formula is C13H23ClFN3O4S2. The molecule has 0 saturated heterocycles. The molecule has 0 saturated carbocycles. The maximum atomic E-state index is 13.9. The number of anilines is 1. The summed E-state index contributed by atoms with van der Waals surface area (Å²) in [5.74, 6) is -0.969. The van der Waals surface area contributed by atoms with Crippen molar-refractivity contribution in [3.63, 3.8) is 0 Å². The molecule has 0 aliphatic carbocycles. The van der Waals surface area contributed by atoms with Crippen LogP contribution < -0.4 is 10.5 Å². The number of benzene rings is 1. The number of hydrogen-bond acceptors (Lipinski definition) is 5. The quantitative estimate of drug-likeness (QED) is 0.711. The number of hydrogen-bond donors (Lipinski definition) is 2. The second-order valence-corrected chi connectivity index (χ2v) is 9.94. The molecule has 0 heterocycles. The normalized spacial score (nSPS) is 12.8. The Kier molecular flexibility index (Phi) is 7.65. The Morgan fingerprint density at radius 1 is 1.25 bits per heavy atom. The van der Waals surface area contributed by atoms with Crippen molar-refractivity contribution in [1.29, 1.82) is 0 Å². The van der Waals surface area contributed by atoms with Crippen LogP contribution in [0.4, 0.5) is 10.1 Å². The van der Waals surface area contributed by atoms with Crippen molar-refractivity contribution in [2.24, 2.45) is 11.1 Å². The zero-order valence-corrected chi connectivity index (χ0v) is 16.4. The van der Waals surface area contributed by atoms with Gasteiger partial charge in [-0.25, -0.2) is 25.5 Å². The van der Waals surface area contributed by atoms with E-state index in [-0.39, 0.29) is 29.5 Å². The van der Waals surface area contributed by atoms with E-state index in [1.807, 2.05) is 18.6 Å². The van der Waals surface area contributed by atoms with Gasteiger partial charge in [-0.15, -0.1) is 12.4 Å². The molecule has 1 aromatic carbocycles. The Labute approximate surface area is 148 Å². The highest BCUT2D eigenvalue weighted by Crippen LogP contribution is 2.24. The van der Waals surface area contributed by atoms with Gasteiger partial charge in [0.05, 0.1) is 16.8 Å². The number of nitrogens with two attached hydrogens (primary N) is 1. The van der Waals surface area contributed by atoms with Crippen LogP contribution in [0, 0.1) is 11.2 Å². The third-order valence-corrected chi connectivity index (χ3v) is 5.54. The molecule has 140 valence electrons. The number of sulfonamides is 2. The van der Waals surface area contributed by atoms with E-state index in [2.05, 4.69) is 0 Å². The molecule has 0 atom stereocenters.